The van der Waals surface area contributed by atoms with Gasteiger partial charge in [-0.05, 0) is 44.7 Å². The Labute approximate surface area is 179 Å². The highest BCUT2D eigenvalue weighted by atomic mass is 16.5. The molecule has 0 atom stereocenters. The quantitative estimate of drug-likeness (QED) is 0.495. The molecule has 0 saturated heterocycles. The normalized spacial score (nSPS) is 18.2. The van der Waals surface area contributed by atoms with E-state index in [4.69, 9.17) is 4.74 Å². The zero-order chi connectivity index (χ0) is 21.5. The first-order chi connectivity index (χ1) is 14.9. The van der Waals surface area contributed by atoms with E-state index in [2.05, 4.69) is 31.5 Å². The van der Waals surface area contributed by atoms with Crippen molar-refractivity contribution in [3.63, 3.8) is 0 Å². The standard InChI is InChI=1S/C22H25N7O2/c1-13-6-20(25-14(2)24-13)26-21-10-17-9-16(4-5-29(17)27-21)22-19(11-23-28(22)3)31-12-15-7-18(30)8-15/h4-6,9-11,15,18,30H,7-8,12H2,1-3H3,(H,24,25,26,27). The van der Waals surface area contributed by atoms with Gasteiger partial charge in [-0.3, -0.25) is 4.68 Å². The van der Waals surface area contributed by atoms with Gasteiger partial charge < -0.3 is 15.2 Å². The first-order valence-electron chi connectivity index (χ1n) is 10.4. The van der Waals surface area contributed by atoms with Gasteiger partial charge in [0.25, 0.3) is 0 Å². The van der Waals surface area contributed by atoms with Gasteiger partial charge in [0.1, 0.15) is 17.3 Å². The number of aryl methyl sites for hydroxylation is 3. The van der Waals surface area contributed by atoms with E-state index in [1.54, 1.807) is 6.20 Å². The Balaban J connectivity index is 1.39. The number of nitrogens with zero attached hydrogens (tertiary/aromatic N) is 6. The fourth-order valence-electron chi connectivity index (χ4n) is 4.01. The molecule has 0 spiro atoms. The number of nitrogens with one attached hydrogen (secondary N) is 1. The van der Waals surface area contributed by atoms with Gasteiger partial charge in [0.05, 0.1) is 24.4 Å². The molecule has 31 heavy (non-hydrogen) atoms. The summed E-state index contributed by atoms with van der Waals surface area (Å²) in [6.45, 7) is 4.40. The molecule has 0 amide bonds. The predicted octanol–water partition coefficient (Wildman–Crippen LogP) is 3.03. The minimum atomic E-state index is -0.177. The summed E-state index contributed by atoms with van der Waals surface area (Å²) in [6.07, 6.45) is 5.10. The fourth-order valence-corrected chi connectivity index (χ4v) is 4.01. The minimum absolute atomic E-state index is 0.177. The number of pyridine rings is 1. The molecule has 9 nitrogen and oxygen atoms in total. The number of fused-ring (bicyclic) bond motifs is 1. The van der Waals surface area contributed by atoms with Gasteiger partial charge in [0.2, 0.25) is 0 Å². The van der Waals surface area contributed by atoms with Crippen LogP contribution in [-0.2, 0) is 7.05 Å². The number of hydrogen-bond acceptors (Lipinski definition) is 7. The van der Waals surface area contributed by atoms with Crippen LogP contribution < -0.4 is 10.1 Å². The maximum atomic E-state index is 9.48. The second-order valence-electron chi connectivity index (χ2n) is 8.16. The third kappa shape index (κ3) is 3.96. The number of aliphatic hydroxyl groups is 1. The number of aliphatic hydroxyl groups excluding tert-OH is 1. The average Bonchev–Trinajstić information content (AvgIpc) is 3.25. The molecular formula is C22H25N7O2. The van der Waals surface area contributed by atoms with E-state index in [1.807, 2.05) is 54.5 Å². The molecule has 4 aromatic rings. The van der Waals surface area contributed by atoms with Crippen molar-refractivity contribution >= 4 is 17.2 Å². The van der Waals surface area contributed by atoms with E-state index in [1.165, 1.54) is 0 Å². The van der Waals surface area contributed by atoms with Gasteiger partial charge in [-0.15, -0.1) is 0 Å². The van der Waals surface area contributed by atoms with E-state index >= 15 is 0 Å². The third-order valence-corrected chi connectivity index (χ3v) is 5.55. The van der Waals surface area contributed by atoms with Crippen molar-refractivity contribution in [3.05, 3.63) is 48.2 Å². The molecule has 5 rings (SSSR count). The maximum absolute atomic E-state index is 9.48. The Morgan fingerprint density at radius 1 is 1.16 bits per heavy atom. The summed E-state index contributed by atoms with van der Waals surface area (Å²) in [5.74, 6) is 3.30. The summed E-state index contributed by atoms with van der Waals surface area (Å²) in [6, 6.07) is 7.93. The molecule has 160 valence electrons. The smallest absolute Gasteiger partial charge is 0.165 e. The predicted molar refractivity (Wildman–Crippen MR) is 116 cm³/mol. The van der Waals surface area contributed by atoms with Crippen LogP contribution in [0.15, 0.2) is 36.7 Å². The van der Waals surface area contributed by atoms with Crippen molar-refractivity contribution < 1.29 is 9.84 Å². The monoisotopic (exact) mass is 419 g/mol. The number of anilines is 2. The van der Waals surface area contributed by atoms with Gasteiger partial charge in [-0.2, -0.15) is 10.2 Å². The highest BCUT2D eigenvalue weighted by Gasteiger charge is 2.28. The van der Waals surface area contributed by atoms with Gasteiger partial charge in [0.15, 0.2) is 11.6 Å². The van der Waals surface area contributed by atoms with Crippen molar-refractivity contribution in [1.29, 1.82) is 0 Å². The second kappa shape index (κ2) is 7.66. The largest absolute Gasteiger partial charge is 0.489 e. The van der Waals surface area contributed by atoms with Crippen LogP contribution in [0.3, 0.4) is 0 Å². The first kappa shape index (κ1) is 19.5. The van der Waals surface area contributed by atoms with Gasteiger partial charge >= 0.3 is 0 Å². The van der Waals surface area contributed by atoms with E-state index in [0.717, 1.165) is 46.9 Å². The van der Waals surface area contributed by atoms with Gasteiger partial charge in [-0.25, -0.2) is 14.5 Å². The van der Waals surface area contributed by atoms with Crippen molar-refractivity contribution in [2.24, 2.45) is 13.0 Å². The van der Waals surface area contributed by atoms with Crippen LogP contribution in [0.4, 0.5) is 11.6 Å². The van der Waals surface area contributed by atoms with Crippen LogP contribution >= 0.6 is 0 Å². The molecule has 0 radical (unpaired) electrons. The molecule has 9 heteroatoms. The number of aromatic nitrogens is 6. The highest BCUT2D eigenvalue weighted by Crippen LogP contribution is 2.33. The summed E-state index contributed by atoms with van der Waals surface area (Å²) in [5.41, 5.74) is 3.76. The Hall–Kier alpha value is -3.46. The summed E-state index contributed by atoms with van der Waals surface area (Å²) in [5, 5.41) is 21.7. The Bertz CT molecular complexity index is 1220. The molecule has 1 saturated carbocycles. The minimum Gasteiger partial charge on any atom is -0.489 e. The second-order valence-corrected chi connectivity index (χ2v) is 8.16. The van der Waals surface area contributed by atoms with E-state index in [0.29, 0.717) is 24.2 Å². The highest BCUT2D eigenvalue weighted by molar-refractivity contribution is 5.72. The number of ether oxygens (including phenoxy) is 1. The van der Waals surface area contributed by atoms with Crippen LogP contribution in [0.2, 0.25) is 0 Å². The molecule has 2 N–H and O–H groups in total. The topological polar surface area (TPSA) is 102 Å². The van der Waals surface area contributed by atoms with Crippen LogP contribution in [-0.4, -0.2) is 47.2 Å². The van der Waals surface area contributed by atoms with Crippen molar-refractivity contribution in [2.45, 2.75) is 32.8 Å². The zero-order valence-corrected chi connectivity index (χ0v) is 17.8. The van der Waals surface area contributed by atoms with Crippen molar-refractivity contribution in [2.75, 3.05) is 11.9 Å². The zero-order valence-electron chi connectivity index (χ0n) is 17.8. The number of rotatable bonds is 6. The SMILES string of the molecule is Cc1cc(Nc2cc3cc(-c4c(OCC5CC(O)C5)cnn4C)ccn3n2)nc(C)n1. The first-order valence-corrected chi connectivity index (χ1v) is 10.4. The van der Waals surface area contributed by atoms with Crippen molar-refractivity contribution in [3.8, 4) is 17.0 Å². The maximum Gasteiger partial charge on any atom is 0.165 e. The van der Waals surface area contributed by atoms with Crippen LogP contribution in [0, 0.1) is 19.8 Å². The van der Waals surface area contributed by atoms with Crippen LogP contribution in [0.25, 0.3) is 16.8 Å². The van der Waals surface area contributed by atoms with Crippen LogP contribution in [0.1, 0.15) is 24.4 Å². The summed E-state index contributed by atoms with van der Waals surface area (Å²) < 4.78 is 9.68. The lowest BCUT2D eigenvalue weighted by atomic mass is 9.83. The molecule has 4 aromatic heterocycles. The summed E-state index contributed by atoms with van der Waals surface area (Å²) in [7, 11) is 1.91. The van der Waals surface area contributed by atoms with Gasteiger partial charge in [-0.1, -0.05) is 0 Å². The van der Waals surface area contributed by atoms with Crippen LogP contribution in [0.5, 0.6) is 5.75 Å². The summed E-state index contributed by atoms with van der Waals surface area (Å²) >= 11 is 0. The lowest BCUT2D eigenvalue weighted by molar-refractivity contribution is 0.0204. The molecule has 4 heterocycles. The summed E-state index contributed by atoms with van der Waals surface area (Å²) in [4.78, 5) is 8.72. The molecule has 1 fully saturated rings. The Morgan fingerprint density at radius 2 is 2.00 bits per heavy atom. The lowest BCUT2D eigenvalue weighted by Crippen LogP contribution is -2.32. The lowest BCUT2D eigenvalue weighted by Gasteiger charge is -2.30. The van der Waals surface area contributed by atoms with E-state index < -0.39 is 0 Å². The van der Waals surface area contributed by atoms with E-state index in [-0.39, 0.29) is 6.10 Å². The van der Waals surface area contributed by atoms with Gasteiger partial charge in [0, 0.05) is 36.6 Å². The fraction of sp³-hybridized carbons (Fsp3) is 0.364. The van der Waals surface area contributed by atoms with E-state index in [9.17, 15) is 5.11 Å². The molecule has 1 aliphatic rings. The molecule has 0 aromatic carbocycles. The Morgan fingerprint density at radius 3 is 2.77 bits per heavy atom. The molecule has 0 unspecified atom stereocenters. The van der Waals surface area contributed by atoms with Crippen molar-refractivity contribution in [1.82, 2.24) is 29.4 Å². The average molecular weight is 419 g/mol. The molecule has 1 aliphatic carbocycles. The molecule has 0 bridgehead atoms. The Kier molecular flexibility index (Phi) is 4.82. The molecular weight excluding hydrogens is 394 g/mol. The molecule has 0 aliphatic heterocycles. The third-order valence-electron chi connectivity index (χ3n) is 5.55. The number of hydrogen-bond donors (Lipinski definition) is 2.